The second-order valence-electron chi connectivity index (χ2n) is 10.3. The normalized spacial score (nSPS) is 16.4. The van der Waals surface area contributed by atoms with E-state index in [1.165, 1.54) is 4.90 Å². The van der Waals surface area contributed by atoms with Crippen LogP contribution in [0.25, 0.3) is 5.76 Å². The quantitative estimate of drug-likeness (QED) is 0.150. The molecule has 1 aliphatic heterocycles. The Bertz CT molecular complexity index is 1450. The van der Waals surface area contributed by atoms with Crippen LogP contribution in [0.5, 0.6) is 5.75 Å². The summed E-state index contributed by atoms with van der Waals surface area (Å²) in [5.41, 5.74) is 4.11. The fourth-order valence-corrected chi connectivity index (χ4v) is 4.83. The number of anilines is 1. The number of benzene rings is 3. The number of rotatable bonds is 9. The van der Waals surface area contributed by atoms with Gasteiger partial charge < -0.3 is 14.6 Å². The number of aryl methyl sites for hydroxylation is 2. The van der Waals surface area contributed by atoms with Crippen LogP contribution in [-0.4, -0.2) is 35.5 Å². The average molecular weight is 542 g/mol. The largest absolute Gasteiger partial charge is 0.507 e. The lowest BCUT2D eigenvalue weighted by atomic mass is 9.93. The monoisotopic (exact) mass is 541 g/mol. The Morgan fingerprint density at radius 3 is 2.35 bits per heavy atom. The first-order valence-electron chi connectivity index (χ1n) is 13.5. The molecule has 1 heterocycles. The molecule has 4 rings (SSSR count). The molecule has 0 aliphatic carbocycles. The summed E-state index contributed by atoms with van der Waals surface area (Å²) < 4.78 is 11.0. The Morgan fingerprint density at radius 2 is 1.73 bits per heavy atom. The number of hydrogen-bond donors (Lipinski definition) is 1. The number of aliphatic hydroxyl groups is 1. The van der Waals surface area contributed by atoms with Crippen LogP contribution in [0.2, 0.25) is 0 Å². The molecule has 40 heavy (non-hydrogen) atoms. The maximum atomic E-state index is 13.5. The first-order chi connectivity index (χ1) is 19.1. The molecule has 0 spiro atoms. The van der Waals surface area contributed by atoms with Gasteiger partial charge in [0.05, 0.1) is 30.7 Å². The average Bonchev–Trinajstić information content (AvgIpc) is 3.17. The molecule has 0 radical (unpaired) electrons. The van der Waals surface area contributed by atoms with Gasteiger partial charge in [-0.05, 0) is 81.1 Å². The molecule has 1 unspecified atom stereocenters. The van der Waals surface area contributed by atoms with Crippen LogP contribution in [-0.2, 0) is 25.5 Å². The molecule has 7 heteroatoms. The van der Waals surface area contributed by atoms with Crippen molar-refractivity contribution < 1.29 is 29.0 Å². The fraction of sp³-hybridized carbons (Fsp3) is 0.303. The maximum absolute atomic E-state index is 13.5. The van der Waals surface area contributed by atoms with Crippen molar-refractivity contribution in [3.63, 3.8) is 0 Å². The summed E-state index contributed by atoms with van der Waals surface area (Å²) in [7, 11) is 0. The summed E-state index contributed by atoms with van der Waals surface area (Å²) in [6, 6.07) is 18.8. The van der Waals surface area contributed by atoms with Crippen molar-refractivity contribution in [2.24, 2.45) is 0 Å². The first kappa shape index (κ1) is 28.6. The predicted octanol–water partition coefficient (Wildman–Crippen LogP) is 6.21. The molecular weight excluding hydrogens is 506 g/mol. The zero-order valence-electron chi connectivity index (χ0n) is 23.6. The van der Waals surface area contributed by atoms with Gasteiger partial charge in [0, 0.05) is 11.3 Å². The topological polar surface area (TPSA) is 93.1 Å². The van der Waals surface area contributed by atoms with Gasteiger partial charge in [0.15, 0.2) is 0 Å². The number of amides is 1. The molecule has 7 nitrogen and oxygen atoms in total. The van der Waals surface area contributed by atoms with Crippen LogP contribution in [0.4, 0.5) is 5.69 Å². The summed E-state index contributed by atoms with van der Waals surface area (Å²) in [5.74, 6) is -1.39. The minimum Gasteiger partial charge on any atom is -0.507 e. The van der Waals surface area contributed by atoms with Crippen LogP contribution in [0.3, 0.4) is 0 Å². The molecular formula is C33H35NO6. The van der Waals surface area contributed by atoms with Crippen molar-refractivity contribution in [2.75, 3.05) is 11.5 Å². The second kappa shape index (κ2) is 12.2. The molecule has 1 saturated heterocycles. The Morgan fingerprint density at radius 1 is 1.00 bits per heavy atom. The lowest BCUT2D eigenvalue weighted by Gasteiger charge is -2.26. The summed E-state index contributed by atoms with van der Waals surface area (Å²) >= 11 is 0. The number of carbonyl (C=O) groups excluding carboxylic acids is 3. The summed E-state index contributed by atoms with van der Waals surface area (Å²) in [4.78, 5) is 40.5. The van der Waals surface area contributed by atoms with Crippen LogP contribution < -0.4 is 9.64 Å². The predicted molar refractivity (Wildman–Crippen MR) is 154 cm³/mol. The van der Waals surface area contributed by atoms with Gasteiger partial charge in [0.2, 0.25) is 0 Å². The van der Waals surface area contributed by atoms with E-state index in [1.807, 2.05) is 45.0 Å². The van der Waals surface area contributed by atoms with E-state index >= 15 is 0 Å². The second-order valence-corrected chi connectivity index (χ2v) is 10.3. The van der Waals surface area contributed by atoms with E-state index < -0.39 is 17.7 Å². The molecule has 3 aromatic carbocycles. The van der Waals surface area contributed by atoms with E-state index in [9.17, 15) is 19.5 Å². The van der Waals surface area contributed by atoms with Crippen molar-refractivity contribution in [3.05, 3.63) is 100 Å². The number of Topliss-reactive ketones (excluding diaryl/α,β-unsaturated/α-hetero) is 1. The van der Waals surface area contributed by atoms with Crippen molar-refractivity contribution >= 4 is 29.1 Å². The van der Waals surface area contributed by atoms with Gasteiger partial charge in [0.25, 0.3) is 11.7 Å². The van der Waals surface area contributed by atoms with Gasteiger partial charge in [0.1, 0.15) is 11.5 Å². The van der Waals surface area contributed by atoms with E-state index in [4.69, 9.17) is 9.47 Å². The molecule has 1 N–H and O–H groups in total. The van der Waals surface area contributed by atoms with E-state index in [-0.39, 0.29) is 29.8 Å². The lowest BCUT2D eigenvalue weighted by molar-refractivity contribution is -0.146. The summed E-state index contributed by atoms with van der Waals surface area (Å²) in [6.07, 6.45) is 0.747. The van der Waals surface area contributed by atoms with Gasteiger partial charge in [-0.2, -0.15) is 0 Å². The minimum atomic E-state index is -0.840. The van der Waals surface area contributed by atoms with E-state index in [1.54, 1.807) is 56.3 Å². The third kappa shape index (κ3) is 6.09. The Hall–Kier alpha value is -4.39. The maximum Gasteiger partial charge on any atom is 0.310 e. The number of aliphatic hydroxyl groups excluding tert-OH is 1. The molecule has 0 aromatic heterocycles. The third-order valence-electron chi connectivity index (χ3n) is 6.64. The highest BCUT2D eigenvalue weighted by Crippen LogP contribution is 2.42. The van der Waals surface area contributed by atoms with Gasteiger partial charge in [-0.3, -0.25) is 19.3 Å². The SMILES string of the molecule is CCCOc1ccc(/C(O)=C2/C(=O)C(=O)N(c3ccc(CC(=O)OC(C)C)cc3)C2c2cccc(C)c2)cc1C. The highest BCUT2D eigenvalue weighted by atomic mass is 16.5. The highest BCUT2D eigenvalue weighted by molar-refractivity contribution is 6.51. The molecule has 1 aliphatic rings. The molecule has 0 bridgehead atoms. The van der Waals surface area contributed by atoms with Gasteiger partial charge in [-0.1, -0.05) is 48.9 Å². The number of hydrogen-bond acceptors (Lipinski definition) is 6. The third-order valence-corrected chi connectivity index (χ3v) is 6.64. The van der Waals surface area contributed by atoms with Crippen LogP contribution >= 0.6 is 0 Å². The van der Waals surface area contributed by atoms with E-state index in [0.29, 0.717) is 29.2 Å². The van der Waals surface area contributed by atoms with E-state index in [0.717, 1.165) is 23.1 Å². The van der Waals surface area contributed by atoms with Crippen molar-refractivity contribution in [2.45, 2.75) is 59.6 Å². The Labute approximate surface area is 235 Å². The Balaban J connectivity index is 1.77. The van der Waals surface area contributed by atoms with Gasteiger partial charge >= 0.3 is 5.97 Å². The van der Waals surface area contributed by atoms with E-state index in [2.05, 4.69) is 0 Å². The van der Waals surface area contributed by atoms with Crippen LogP contribution in [0, 0.1) is 13.8 Å². The first-order valence-corrected chi connectivity index (χ1v) is 13.5. The number of nitrogens with zero attached hydrogens (tertiary/aromatic N) is 1. The van der Waals surface area contributed by atoms with Crippen LogP contribution in [0.1, 0.15) is 61.1 Å². The number of esters is 1. The smallest absolute Gasteiger partial charge is 0.310 e. The highest BCUT2D eigenvalue weighted by Gasteiger charge is 2.47. The molecule has 0 saturated carbocycles. The summed E-state index contributed by atoms with van der Waals surface area (Å²) in [6.45, 7) is 9.98. The number of carbonyl (C=O) groups is 3. The standard InChI is InChI=1S/C33H35NO6/c1-6-16-39-27-15-12-25(18-22(27)5)31(36)29-30(24-9-7-8-21(4)17-24)34(33(38)32(29)37)26-13-10-23(11-14-26)19-28(35)40-20(2)3/h7-15,17-18,20,30,36H,6,16,19H2,1-5H3/b31-29-. The zero-order valence-corrected chi connectivity index (χ0v) is 23.6. The van der Waals surface area contributed by atoms with Crippen LogP contribution in [0.15, 0.2) is 72.3 Å². The molecule has 1 amide bonds. The van der Waals surface area contributed by atoms with Gasteiger partial charge in [-0.15, -0.1) is 0 Å². The fourth-order valence-electron chi connectivity index (χ4n) is 4.83. The van der Waals surface area contributed by atoms with Gasteiger partial charge in [-0.25, -0.2) is 0 Å². The minimum absolute atomic E-state index is 0.0156. The number of ketones is 1. The molecule has 1 atom stereocenters. The molecule has 3 aromatic rings. The Kier molecular flexibility index (Phi) is 8.73. The molecule has 1 fully saturated rings. The van der Waals surface area contributed by atoms with Crippen molar-refractivity contribution in [3.8, 4) is 5.75 Å². The van der Waals surface area contributed by atoms with Crippen molar-refractivity contribution in [1.82, 2.24) is 0 Å². The summed E-state index contributed by atoms with van der Waals surface area (Å²) in [5, 5.41) is 11.5. The van der Waals surface area contributed by atoms with Crippen molar-refractivity contribution in [1.29, 1.82) is 0 Å². The molecule has 208 valence electrons. The lowest BCUT2D eigenvalue weighted by Crippen LogP contribution is -2.29. The number of ether oxygens (including phenoxy) is 2. The zero-order chi connectivity index (χ0) is 29.0.